The van der Waals surface area contributed by atoms with Gasteiger partial charge in [0.15, 0.2) is 0 Å². The van der Waals surface area contributed by atoms with Gasteiger partial charge in [-0.3, -0.25) is 0 Å². The fourth-order valence-electron chi connectivity index (χ4n) is 7.30. The first kappa shape index (κ1) is 24.7. The topological polar surface area (TPSA) is 33.6 Å². The summed E-state index contributed by atoms with van der Waals surface area (Å²) in [5.41, 5.74) is 10.1. The van der Waals surface area contributed by atoms with Gasteiger partial charge in [0.05, 0.1) is 33.7 Å². The molecule has 0 saturated carbocycles. The lowest BCUT2D eigenvalue weighted by molar-refractivity contribution is 0.655. The maximum Gasteiger partial charge on any atom is 0.0992 e. The van der Waals surface area contributed by atoms with E-state index in [0.29, 0.717) is 17.4 Å². The molecule has 0 radical (unpaired) electrons. The summed E-state index contributed by atoms with van der Waals surface area (Å²) in [6.07, 6.45) is 15.7. The van der Waals surface area contributed by atoms with Gasteiger partial charge in [-0.25, -0.2) is 0 Å². The predicted octanol–water partition coefficient (Wildman–Crippen LogP) is 10.2. The van der Waals surface area contributed by atoms with E-state index in [-0.39, 0.29) is 0 Å². The summed E-state index contributed by atoms with van der Waals surface area (Å²) in [5, 5.41) is 14.5. The Bertz CT molecular complexity index is 2470. The van der Waals surface area contributed by atoms with Gasteiger partial charge in [-0.2, -0.15) is 5.26 Å². The number of nitriles is 1. The second-order valence-electron chi connectivity index (χ2n) is 11.7. The molecule has 206 valence electrons. The maximum absolute atomic E-state index is 9.54. The van der Waals surface area contributed by atoms with E-state index < -0.39 is 0 Å². The fraction of sp³-hybridized carbons (Fsp3) is 0.0488. The zero-order chi connectivity index (χ0) is 29.2. The third kappa shape index (κ3) is 3.62. The summed E-state index contributed by atoms with van der Waals surface area (Å²) in [6, 6.07) is 41.1. The number of benzene rings is 5. The molecule has 0 saturated heterocycles. The minimum absolute atomic E-state index is 0.317. The number of hydrogen-bond donors (Lipinski definition) is 0. The predicted molar refractivity (Wildman–Crippen MR) is 183 cm³/mol. The van der Waals surface area contributed by atoms with Crippen LogP contribution in [0.15, 0.2) is 152 Å². The normalized spacial score (nSPS) is 17.4. The Balaban J connectivity index is 1.23. The number of allylic oxidation sites excluding steroid dienone is 8. The molecule has 44 heavy (non-hydrogen) atoms. The van der Waals surface area contributed by atoms with E-state index in [1.165, 1.54) is 49.4 Å². The number of nitrogens with zero attached hydrogens (tertiary/aromatic N) is 3. The summed E-state index contributed by atoms with van der Waals surface area (Å²) >= 11 is 0. The van der Waals surface area contributed by atoms with Crippen LogP contribution in [0.2, 0.25) is 0 Å². The van der Waals surface area contributed by atoms with Crippen molar-refractivity contribution in [3.8, 4) is 22.9 Å². The van der Waals surface area contributed by atoms with Crippen LogP contribution in [-0.2, 0) is 0 Å². The Morgan fingerprint density at radius 3 is 1.86 bits per heavy atom. The van der Waals surface area contributed by atoms with Crippen LogP contribution in [0.5, 0.6) is 0 Å². The van der Waals surface area contributed by atoms with Crippen molar-refractivity contribution in [2.45, 2.75) is 0 Å². The van der Waals surface area contributed by atoms with Gasteiger partial charge in [-0.1, -0.05) is 91.1 Å². The van der Waals surface area contributed by atoms with Crippen LogP contribution in [0.3, 0.4) is 0 Å². The van der Waals surface area contributed by atoms with Crippen molar-refractivity contribution >= 4 is 49.3 Å². The van der Waals surface area contributed by atoms with Crippen LogP contribution in [0.25, 0.3) is 66.1 Å². The quantitative estimate of drug-likeness (QED) is 0.211. The Morgan fingerprint density at radius 1 is 0.523 bits per heavy atom. The van der Waals surface area contributed by atoms with Crippen molar-refractivity contribution in [1.29, 1.82) is 5.26 Å². The molecule has 7 aromatic rings. The highest BCUT2D eigenvalue weighted by atomic mass is 15.0. The lowest BCUT2D eigenvalue weighted by Gasteiger charge is -2.28. The average Bonchev–Trinajstić information content (AvgIpc) is 3.60. The van der Waals surface area contributed by atoms with Gasteiger partial charge in [-0.05, 0) is 71.8 Å². The van der Waals surface area contributed by atoms with Crippen molar-refractivity contribution < 1.29 is 0 Å². The van der Waals surface area contributed by atoms with Crippen molar-refractivity contribution in [2.24, 2.45) is 11.8 Å². The molecule has 2 aliphatic carbocycles. The molecule has 2 aromatic heterocycles. The second-order valence-corrected chi connectivity index (χ2v) is 11.7. The molecule has 0 amide bonds. The van der Waals surface area contributed by atoms with Crippen molar-refractivity contribution in [2.75, 3.05) is 0 Å². The van der Waals surface area contributed by atoms with Crippen LogP contribution in [0.1, 0.15) is 5.56 Å². The first-order valence-electron chi connectivity index (χ1n) is 15.1. The van der Waals surface area contributed by atoms with Crippen LogP contribution in [-0.4, -0.2) is 9.13 Å². The first-order valence-corrected chi connectivity index (χ1v) is 15.1. The summed E-state index contributed by atoms with van der Waals surface area (Å²) in [4.78, 5) is 0. The Hall–Kier alpha value is -5.85. The summed E-state index contributed by atoms with van der Waals surface area (Å²) in [6.45, 7) is 0. The zero-order valence-electron chi connectivity index (χ0n) is 23.9. The maximum atomic E-state index is 9.54. The Labute approximate surface area is 255 Å². The van der Waals surface area contributed by atoms with Crippen molar-refractivity contribution in [3.63, 3.8) is 0 Å². The second kappa shape index (κ2) is 9.59. The molecular weight excluding hydrogens is 534 g/mol. The van der Waals surface area contributed by atoms with Crippen molar-refractivity contribution in [3.05, 3.63) is 157 Å². The fourth-order valence-corrected chi connectivity index (χ4v) is 7.30. The van der Waals surface area contributed by atoms with Crippen LogP contribution in [0, 0.1) is 23.2 Å². The van der Waals surface area contributed by atoms with E-state index in [1.54, 1.807) is 0 Å². The SMILES string of the molecule is N#Cc1cccc(-n2c3ccccc3c3cc(-c4ccc5c(c4)c4ccccc4n5C4=CC=CC5C=CC=CC45)ccc32)c1. The highest BCUT2D eigenvalue weighted by molar-refractivity contribution is 6.13. The highest BCUT2D eigenvalue weighted by Gasteiger charge is 2.26. The third-order valence-electron chi connectivity index (χ3n) is 9.29. The van der Waals surface area contributed by atoms with Crippen LogP contribution >= 0.6 is 0 Å². The number of aromatic nitrogens is 2. The lowest BCUT2D eigenvalue weighted by atomic mass is 9.82. The molecule has 0 N–H and O–H groups in total. The third-order valence-corrected chi connectivity index (χ3v) is 9.29. The summed E-state index contributed by atoms with van der Waals surface area (Å²) in [7, 11) is 0. The number of fused-ring (bicyclic) bond motifs is 7. The molecule has 9 rings (SSSR count). The lowest BCUT2D eigenvalue weighted by Crippen LogP contribution is -2.18. The van der Waals surface area contributed by atoms with E-state index in [9.17, 15) is 5.26 Å². The van der Waals surface area contributed by atoms with Gasteiger partial charge < -0.3 is 9.13 Å². The first-order chi connectivity index (χ1) is 21.8. The van der Waals surface area contributed by atoms with E-state index in [0.717, 1.165) is 16.7 Å². The molecule has 0 aliphatic heterocycles. The average molecular weight is 562 g/mol. The van der Waals surface area contributed by atoms with Crippen LogP contribution < -0.4 is 0 Å². The van der Waals surface area contributed by atoms with E-state index in [2.05, 4.69) is 149 Å². The van der Waals surface area contributed by atoms with Gasteiger partial charge >= 0.3 is 0 Å². The van der Waals surface area contributed by atoms with Gasteiger partial charge in [0, 0.05) is 44.8 Å². The molecule has 0 fully saturated rings. The molecule has 0 bridgehead atoms. The highest BCUT2D eigenvalue weighted by Crippen LogP contribution is 2.42. The minimum Gasteiger partial charge on any atom is -0.312 e. The smallest absolute Gasteiger partial charge is 0.0992 e. The molecule has 2 atom stereocenters. The molecule has 5 aromatic carbocycles. The zero-order valence-corrected chi connectivity index (χ0v) is 23.9. The standard InChI is InChI=1S/C41H27N3/c42-26-27-9-7-12-31(23-27)43-38-16-5-3-14-33(38)35-24-29(19-21-40(35)43)30-20-22-41-36(25-30)34-15-4-6-17-39(34)44(41)37-18-8-11-28-10-1-2-13-32(28)37/h1-25,28,32H. The summed E-state index contributed by atoms with van der Waals surface area (Å²) < 4.78 is 4.73. The van der Waals surface area contributed by atoms with Gasteiger partial charge in [0.2, 0.25) is 0 Å². The number of hydrogen-bond acceptors (Lipinski definition) is 1. The van der Waals surface area contributed by atoms with E-state index in [1.807, 2.05) is 18.2 Å². The Morgan fingerprint density at radius 2 is 1.14 bits per heavy atom. The molecule has 0 spiro atoms. The molecular formula is C41H27N3. The van der Waals surface area contributed by atoms with E-state index >= 15 is 0 Å². The number of para-hydroxylation sites is 2. The minimum atomic E-state index is 0.317. The molecule has 2 heterocycles. The summed E-state index contributed by atoms with van der Waals surface area (Å²) in [5.74, 6) is 0.698. The van der Waals surface area contributed by atoms with Crippen LogP contribution in [0.4, 0.5) is 0 Å². The van der Waals surface area contributed by atoms with E-state index in [4.69, 9.17) is 0 Å². The van der Waals surface area contributed by atoms with Gasteiger partial charge in [0.1, 0.15) is 0 Å². The van der Waals surface area contributed by atoms with Crippen molar-refractivity contribution in [1.82, 2.24) is 9.13 Å². The molecule has 3 heteroatoms. The van der Waals surface area contributed by atoms with Gasteiger partial charge in [0.25, 0.3) is 0 Å². The largest absolute Gasteiger partial charge is 0.312 e. The molecule has 2 aliphatic rings. The number of rotatable bonds is 3. The van der Waals surface area contributed by atoms with Gasteiger partial charge in [-0.15, -0.1) is 0 Å². The monoisotopic (exact) mass is 561 g/mol. The Kier molecular flexibility index (Phi) is 5.39. The molecule has 2 unspecified atom stereocenters. The molecule has 3 nitrogen and oxygen atoms in total.